The zero-order chi connectivity index (χ0) is 15.3. The van der Waals surface area contributed by atoms with Crippen molar-refractivity contribution < 1.29 is 0 Å². The van der Waals surface area contributed by atoms with Gasteiger partial charge in [-0.05, 0) is 50.5 Å². The Morgan fingerprint density at radius 3 is 2.52 bits per heavy atom. The maximum atomic E-state index is 9.69. The molecule has 0 radical (unpaired) electrons. The number of hydrogen-bond acceptors (Lipinski definition) is 2. The fourth-order valence-electron chi connectivity index (χ4n) is 3.65. The summed E-state index contributed by atoms with van der Waals surface area (Å²) >= 11 is 0. The van der Waals surface area contributed by atoms with Gasteiger partial charge >= 0.3 is 0 Å². The predicted octanol–water partition coefficient (Wildman–Crippen LogP) is 4.90. The van der Waals surface area contributed by atoms with Crippen molar-refractivity contribution in [2.75, 3.05) is 0 Å². The third kappa shape index (κ3) is 3.67. The van der Waals surface area contributed by atoms with Gasteiger partial charge in [0.25, 0.3) is 0 Å². The van der Waals surface area contributed by atoms with E-state index in [1.165, 1.54) is 19.3 Å². The minimum atomic E-state index is -0.168. The molecule has 1 saturated carbocycles. The fraction of sp³-hybridized carbons (Fsp3) is 0.778. The summed E-state index contributed by atoms with van der Waals surface area (Å²) in [7, 11) is 0. The number of aromatic nitrogens is 2. The number of rotatable bonds is 6. The van der Waals surface area contributed by atoms with Gasteiger partial charge in [0, 0.05) is 12.6 Å². The van der Waals surface area contributed by atoms with E-state index >= 15 is 0 Å². The molecule has 1 aromatic heterocycles. The SMILES string of the molecule is CCC1CCC(C#N)(Cc2ccn(C(CC)CC)n2)CC1. The highest BCUT2D eigenvalue weighted by atomic mass is 15.3. The Bertz CT molecular complexity index is 471. The van der Waals surface area contributed by atoms with Crippen LogP contribution in [0.25, 0.3) is 0 Å². The van der Waals surface area contributed by atoms with Crippen LogP contribution < -0.4 is 0 Å². The van der Waals surface area contributed by atoms with E-state index in [1.54, 1.807) is 0 Å². The Hall–Kier alpha value is -1.30. The Balaban J connectivity index is 2.05. The Kier molecular flexibility index (Phi) is 5.45. The fourth-order valence-corrected chi connectivity index (χ4v) is 3.65. The first-order chi connectivity index (χ1) is 10.2. The van der Waals surface area contributed by atoms with Gasteiger partial charge in [0.1, 0.15) is 0 Å². The van der Waals surface area contributed by atoms with Crippen LogP contribution in [0, 0.1) is 22.7 Å². The largest absolute Gasteiger partial charge is 0.269 e. The van der Waals surface area contributed by atoms with Crippen LogP contribution in [0.3, 0.4) is 0 Å². The van der Waals surface area contributed by atoms with Gasteiger partial charge in [-0.25, -0.2) is 0 Å². The first kappa shape index (κ1) is 16.1. The molecule has 3 nitrogen and oxygen atoms in total. The van der Waals surface area contributed by atoms with Crippen molar-refractivity contribution in [1.29, 1.82) is 5.26 Å². The van der Waals surface area contributed by atoms with Gasteiger partial charge < -0.3 is 0 Å². The van der Waals surface area contributed by atoms with Crippen molar-refractivity contribution in [2.24, 2.45) is 11.3 Å². The molecule has 0 aliphatic heterocycles. The summed E-state index contributed by atoms with van der Waals surface area (Å²) < 4.78 is 2.10. The standard InChI is InChI=1S/C18H29N3/c1-4-15-7-10-18(14-19,11-8-15)13-16-9-12-21(20-16)17(5-2)6-3/h9,12,15,17H,4-8,10-11,13H2,1-3H3. The smallest absolute Gasteiger partial charge is 0.0693 e. The molecule has 1 aliphatic carbocycles. The molecule has 0 aromatic carbocycles. The summed E-state index contributed by atoms with van der Waals surface area (Å²) in [5.74, 6) is 0.827. The molecule has 1 heterocycles. The summed E-state index contributed by atoms with van der Waals surface area (Å²) in [6.45, 7) is 6.68. The van der Waals surface area contributed by atoms with Crippen LogP contribution in [-0.4, -0.2) is 9.78 Å². The lowest BCUT2D eigenvalue weighted by Gasteiger charge is -2.34. The van der Waals surface area contributed by atoms with Crippen molar-refractivity contribution in [1.82, 2.24) is 9.78 Å². The molecule has 21 heavy (non-hydrogen) atoms. The summed E-state index contributed by atoms with van der Waals surface area (Å²) in [5.41, 5.74) is 0.928. The summed E-state index contributed by atoms with van der Waals surface area (Å²) in [4.78, 5) is 0. The predicted molar refractivity (Wildman–Crippen MR) is 85.8 cm³/mol. The quantitative estimate of drug-likeness (QED) is 0.747. The lowest BCUT2D eigenvalue weighted by molar-refractivity contribution is 0.203. The zero-order valence-corrected chi connectivity index (χ0v) is 13.8. The third-order valence-electron chi connectivity index (χ3n) is 5.38. The maximum Gasteiger partial charge on any atom is 0.0693 e. The molecular weight excluding hydrogens is 258 g/mol. The first-order valence-corrected chi connectivity index (χ1v) is 8.61. The molecule has 0 bridgehead atoms. The second-order valence-corrected chi connectivity index (χ2v) is 6.68. The highest BCUT2D eigenvalue weighted by Gasteiger charge is 2.35. The topological polar surface area (TPSA) is 41.6 Å². The molecule has 3 heteroatoms. The number of hydrogen-bond donors (Lipinski definition) is 0. The van der Waals surface area contributed by atoms with E-state index in [0.717, 1.165) is 43.7 Å². The molecule has 116 valence electrons. The van der Waals surface area contributed by atoms with Gasteiger partial charge in [-0.2, -0.15) is 10.4 Å². The molecule has 0 atom stereocenters. The third-order valence-corrected chi connectivity index (χ3v) is 5.38. The lowest BCUT2D eigenvalue weighted by Crippen LogP contribution is -2.28. The maximum absolute atomic E-state index is 9.69. The minimum absolute atomic E-state index is 0.168. The lowest BCUT2D eigenvalue weighted by atomic mass is 9.68. The van der Waals surface area contributed by atoms with E-state index in [0.29, 0.717) is 6.04 Å². The average Bonchev–Trinajstić information content (AvgIpc) is 2.97. The van der Waals surface area contributed by atoms with Crippen LogP contribution in [0.5, 0.6) is 0 Å². The van der Waals surface area contributed by atoms with Crippen LogP contribution in [-0.2, 0) is 6.42 Å². The summed E-state index contributed by atoms with van der Waals surface area (Å²) in [6, 6.07) is 5.24. The summed E-state index contributed by atoms with van der Waals surface area (Å²) in [6.07, 6.45) is 10.9. The van der Waals surface area contributed by atoms with Gasteiger partial charge in [0.2, 0.25) is 0 Å². The molecule has 0 N–H and O–H groups in total. The normalized spacial score (nSPS) is 26.0. The van der Waals surface area contributed by atoms with Crippen LogP contribution in [0.4, 0.5) is 0 Å². The summed E-state index contributed by atoms with van der Waals surface area (Å²) in [5, 5.41) is 14.4. The Morgan fingerprint density at radius 2 is 2.00 bits per heavy atom. The van der Waals surface area contributed by atoms with Crippen molar-refractivity contribution in [3.8, 4) is 6.07 Å². The zero-order valence-electron chi connectivity index (χ0n) is 13.8. The molecule has 1 aromatic rings. The van der Waals surface area contributed by atoms with Crippen molar-refractivity contribution in [3.05, 3.63) is 18.0 Å². The molecule has 2 rings (SSSR count). The van der Waals surface area contributed by atoms with Crippen molar-refractivity contribution in [2.45, 2.75) is 78.2 Å². The van der Waals surface area contributed by atoms with Gasteiger partial charge in [-0.1, -0.05) is 27.2 Å². The van der Waals surface area contributed by atoms with Crippen LogP contribution in [0.1, 0.15) is 77.5 Å². The second kappa shape index (κ2) is 7.11. The number of nitriles is 1. The molecule has 0 spiro atoms. The van der Waals surface area contributed by atoms with E-state index in [4.69, 9.17) is 5.10 Å². The van der Waals surface area contributed by atoms with E-state index in [1.807, 2.05) is 0 Å². The van der Waals surface area contributed by atoms with Crippen molar-refractivity contribution in [3.63, 3.8) is 0 Å². The molecular formula is C18H29N3. The molecule has 0 unspecified atom stereocenters. The highest BCUT2D eigenvalue weighted by molar-refractivity contribution is 5.11. The van der Waals surface area contributed by atoms with E-state index < -0.39 is 0 Å². The average molecular weight is 287 g/mol. The van der Waals surface area contributed by atoms with Crippen LogP contribution >= 0.6 is 0 Å². The highest BCUT2D eigenvalue weighted by Crippen LogP contribution is 2.41. The molecule has 1 aliphatic rings. The minimum Gasteiger partial charge on any atom is -0.269 e. The van der Waals surface area contributed by atoms with Crippen LogP contribution in [0.2, 0.25) is 0 Å². The molecule has 1 fully saturated rings. The van der Waals surface area contributed by atoms with Gasteiger partial charge in [-0.3, -0.25) is 4.68 Å². The second-order valence-electron chi connectivity index (χ2n) is 6.68. The monoisotopic (exact) mass is 287 g/mol. The first-order valence-electron chi connectivity index (χ1n) is 8.61. The molecule has 0 saturated heterocycles. The Morgan fingerprint density at radius 1 is 1.33 bits per heavy atom. The number of nitrogens with zero attached hydrogens (tertiary/aromatic N) is 3. The van der Waals surface area contributed by atoms with Gasteiger partial charge in [0.05, 0.1) is 23.2 Å². The Labute approximate surface area is 129 Å². The van der Waals surface area contributed by atoms with Crippen molar-refractivity contribution >= 4 is 0 Å². The van der Waals surface area contributed by atoms with Gasteiger partial charge in [-0.15, -0.1) is 0 Å². The van der Waals surface area contributed by atoms with Crippen LogP contribution in [0.15, 0.2) is 12.3 Å². The van der Waals surface area contributed by atoms with E-state index in [-0.39, 0.29) is 5.41 Å². The molecule has 0 amide bonds. The van der Waals surface area contributed by atoms with Gasteiger partial charge in [0.15, 0.2) is 0 Å². The van der Waals surface area contributed by atoms with E-state index in [2.05, 4.69) is 43.8 Å². The van der Waals surface area contributed by atoms with E-state index in [9.17, 15) is 5.26 Å².